The molecule has 2 aliphatic heterocycles. The molecule has 2 heterocycles. The molecule has 14 heteroatoms. The summed E-state index contributed by atoms with van der Waals surface area (Å²) in [4.78, 5) is 0. The van der Waals surface area contributed by atoms with E-state index in [0.717, 1.165) is 0 Å². The molecule has 13 N–H and O–H groups in total. The van der Waals surface area contributed by atoms with Crippen LogP contribution in [0.1, 0.15) is 6.42 Å². The normalized spacial score (nSPS) is 52.7. The lowest BCUT2D eigenvalue weighted by atomic mass is 9.84. The SMILES string of the molecule is CN[C@@H]1[C@@H](O)[C@H](O[C@@H]2[C@@H](O)[C@H](O[C@H]3O[C@H](CN)[C@@H](O)[C@@H](O)[C@H]3O)[C@H](N)C[C@H]2N)OC[C@H]1O. The Bertz CT molecular complexity index is 606. The summed E-state index contributed by atoms with van der Waals surface area (Å²) in [6.07, 6.45) is -13.9. The molecular weight excluding hydrogens is 432 g/mol. The second-order valence-electron chi connectivity index (χ2n) is 8.58. The van der Waals surface area contributed by atoms with Crippen LogP contribution in [0, 0.1) is 0 Å². The first kappa shape index (κ1) is 26.1. The van der Waals surface area contributed by atoms with Crippen molar-refractivity contribution in [3.8, 4) is 0 Å². The summed E-state index contributed by atoms with van der Waals surface area (Å²) in [6.45, 7) is -0.246. The van der Waals surface area contributed by atoms with Crippen molar-refractivity contribution in [3.05, 3.63) is 0 Å². The lowest BCUT2D eigenvalue weighted by Gasteiger charge is -2.47. The zero-order valence-corrected chi connectivity index (χ0v) is 17.8. The zero-order valence-electron chi connectivity index (χ0n) is 17.8. The highest BCUT2D eigenvalue weighted by atomic mass is 16.7. The molecule has 1 saturated carbocycles. The van der Waals surface area contributed by atoms with Gasteiger partial charge in [0, 0.05) is 18.6 Å². The van der Waals surface area contributed by atoms with Gasteiger partial charge in [0.15, 0.2) is 12.6 Å². The predicted molar refractivity (Wildman–Crippen MR) is 107 cm³/mol. The summed E-state index contributed by atoms with van der Waals surface area (Å²) >= 11 is 0. The van der Waals surface area contributed by atoms with Gasteiger partial charge in [-0.15, -0.1) is 0 Å². The lowest BCUT2D eigenvalue weighted by Crippen LogP contribution is -2.67. The first-order valence-corrected chi connectivity index (χ1v) is 10.7. The number of aliphatic hydroxyl groups is 6. The van der Waals surface area contributed by atoms with Crippen LogP contribution in [-0.2, 0) is 18.9 Å². The number of likely N-dealkylation sites (N-methyl/N-ethyl adjacent to an activating group) is 1. The molecule has 0 aromatic heterocycles. The third-order valence-corrected chi connectivity index (χ3v) is 6.37. The maximum Gasteiger partial charge on any atom is 0.187 e. The standard InChI is InChI=1S/C18H36N4O10/c1-22-9-7(23)4-29-17(11(9)25)31-15-5(20)2-6(21)16(14(15)28)32-18-13(27)12(26)10(24)8(3-19)30-18/h5-18,22-28H,2-4,19-21H2,1H3/t5-,6-,7-,8-,9+,10-,11-,12-,13-,14-,15+,16-,17+,18-/m1/s1. The fourth-order valence-corrected chi connectivity index (χ4v) is 4.45. The van der Waals surface area contributed by atoms with Crippen molar-refractivity contribution in [1.82, 2.24) is 5.32 Å². The van der Waals surface area contributed by atoms with E-state index in [1.54, 1.807) is 7.05 Å². The van der Waals surface area contributed by atoms with Crippen LogP contribution < -0.4 is 22.5 Å². The van der Waals surface area contributed by atoms with E-state index in [9.17, 15) is 30.6 Å². The molecule has 2 saturated heterocycles. The van der Waals surface area contributed by atoms with E-state index in [1.165, 1.54) is 0 Å². The van der Waals surface area contributed by atoms with Crippen LogP contribution in [0.25, 0.3) is 0 Å². The molecule has 0 bridgehead atoms. The van der Waals surface area contributed by atoms with Gasteiger partial charge in [0.1, 0.15) is 48.8 Å². The van der Waals surface area contributed by atoms with Crippen LogP contribution in [0.2, 0.25) is 0 Å². The molecule has 0 amide bonds. The number of ether oxygens (including phenoxy) is 4. The number of nitrogens with two attached hydrogens (primary N) is 3. The quantitative estimate of drug-likeness (QED) is 0.174. The topological polar surface area (TPSA) is 248 Å². The fraction of sp³-hybridized carbons (Fsp3) is 1.00. The van der Waals surface area contributed by atoms with Gasteiger partial charge in [0.25, 0.3) is 0 Å². The summed E-state index contributed by atoms with van der Waals surface area (Å²) in [7, 11) is 1.57. The van der Waals surface area contributed by atoms with Crippen molar-refractivity contribution in [2.75, 3.05) is 20.2 Å². The van der Waals surface area contributed by atoms with Gasteiger partial charge in [-0.05, 0) is 13.5 Å². The summed E-state index contributed by atoms with van der Waals surface area (Å²) in [5.74, 6) is 0. The highest BCUT2D eigenvalue weighted by Gasteiger charge is 2.50. The predicted octanol–water partition coefficient (Wildman–Crippen LogP) is -6.39. The Hall–Kier alpha value is -0.560. The molecule has 3 rings (SSSR count). The second kappa shape index (κ2) is 10.8. The Kier molecular flexibility index (Phi) is 8.79. The Morgan fingerprint density at radius 1 is 0.844 bits per heavy atom. The third-order valence-electron chi connectivity index (χ3n) is 6.37. The first-order valence-electron chi connectivity index (χ1n) is 10.7. The molecule has 14 atom stereocenters. The molecule has 0 aromatic rings. The van der Waals surface area contributed by atoms with E-state index in [4.69, 9.17) is 36.1 Å². The van der Waals surface area contributed by atoms with Crippen molar-refractivity contribution in [2.45, 2.75) is 92.1 Å². The average Bonchev–Trinajstić information content (AvgIpc) is 2.75. The van der Waals surface area contributed by atoms with Gasteiger partial charge in [-0.25, -0.2) is 0 Å². The van der Waals surface area contributed by atoms with E-state index in [1.807, 2.05) is 0 Å². The Morgan fingerprint density at radius 2 is 1.44 bits per heavy atom. The van der Waals surface area contributed by atoms with Crippen molar-refractivity contribution in [2.24, 2.45) is 17.2 Å². The fourth-order valence-electron chi connectivity index (χ4n) is 4.45. The maximum absolute atomic E-state index is 10.9. The van der Waals surface area contributed by atoms with Gasteiger partial charge in [-0.2, -0.15) is 0 Å². The van der Waals surface area contributed by atoms with Crippen LogP contribution in [0.15, 0.2) is 0 Å². The van der Waals surface area contributed by atoms with Crippen molar-refractivity contribution < 1.29 is 49.6 Å². The van der Waals surface area contributed by atoms with Crippen LogP contribution in [0.5, 0.6) is 0 Å². The van der Waals surface area contributed by atoms with Gasteiger partial charge in [-0.3, -0.25) is 0 Å². The highest BCUT2D eigenvalue weighted by molar-refractivity contribution is 5.01. The van der Waals surface area contributed by atoms with Crippen molar-refractivity contribution in [3.63, 3.8) is 0 Å². The summed E-state index contributed by atoms with van der Waals surface area (Å²) in [5, 5.41) is 64.4. The summed E-state index contributed by atoms with van der Waals surface area (Å²) in [6, 6.07) is -2.23. The molecule has 0 unspecified atom stereocenters. The maximum atomic E-state index is 10.9. The minimum absolute atomic E-state index is 0.104. The Morgan fingerprint density at radius 3 is 2.00 bits per heavy atom. The number of nitrogens with one attached hydrogen (secondary N) is 1. The highest BCUT2D eigenvalue weighted by Crippen LogP contribution is 2.30. The molecule has 0 aromatic carbocycles. The smallest absolute Gasteiger partial charge is 0.187 e. The second-order valence-corrected chi connectivity index (χ2v) is 8.58. The van der Waals surface area contributed by atoms with E-state index in [0.29, 0.717) is 0 Å². The van der Waals surface area contributed by atoms with Gasteiger partial charge in [0.2, 0.25) is 0 Å². The monoisotopic (exact) mass is 468 g/mol. The number of aliphatic hydroxyl groups excluding tert-OH is 6. The van der Waals surface area contributed by atoms with Crippen LogP contribution in [-0.4, -0.2) is 136 Å². The van der Waals surface area contributed by atoms with Crippen molar-refractivity contribution in [1.29, 1.82) is 0 Å². The summed E-state index contributed by atoms with van der Waals surface area (Å²) in [5.41, 5.74) is 17.8. The van der Waals surface area contributed by atoms with Crippen molar-refractivity contribution >= 4 is 0 Å². The molecule has 188 valence electrons. The molecule has 0 spiro atoms. The Labute approximate surface area is 185 Å². The third kappa shape index (κ3) is 5.08. The number of hydrogen-bond acceptors (Lipinski definition) is 14. The minimum Gasteiger partial charge on any atom is -0.389 e. The number of hydrogen-bond donors (Lipinski definition) is 10. The van der Waals surface area contributed by atoms with E-state index in [2.05, 4.69) is 5.32 Å². The molecule has 1 aliphatic carbocycles. The first-order chi connectivity index (χ1) is 15.1. The van der Waals surface area contributed by atoms with Gasteiger partial charge < -0.3 is 72.1 Å². The number of rotatable bonds is 6. The Balaban J connectivity index is 1.70. The van der Waals surface area contributed by atoms with E-state index in [-0.39, 0.29) is 19.6 Å². The molecule has 32 heavy (non-hydrogen) atoms. The van der Waals surface area contributed by atoms with Gasteiger partial charge >= 0.3 is 0 Å². The molecule has 14 nitrogen and oxygen atoms in total. The van der Waals surface area contributed by atoms with Crippen LogP contribution >= 0.6 is 0 Å². The molecule has 3 fully saturated rings. The lowest BCUT2D eigenvalue weighted by molar-refractivity contribution is -0.327. The molecule has 0 radical (unpaired) electrons. The largest absolute Gasteiger partial charge is 0.389 e. The van der Waals surface area contributed by atoms with Crippen LogP contribution in [0.3, 0.4) is 0 Å². The van der Waals surface area contributed by atoms with Gasteiger partial charge in [-0.1, -0.05) is 0 Å². The van der Waals surface area contributed by atoms with Crippen LogP contribution in [0.4, 0.5) is 0 Å². The van der Waals surface area contributed by atoms with Gasteiger partial charge in [0.05, 0.1) is 18.8 Å². The zero-order chi connectivity index (χ0) is 23.7. The average molecular weight is 469 g/mol. The van der Waals surface area contributed by atoms with E-state index < -0.39 is 85.6 Å². The minimum atomic E-state index is -1.62. The molecule has 3 aliphatic rings. The summed E-state index contributed by atoms with van der Waals surface area (Å²) < 4.78 is 22.3. The molecular formula is C18H36N4O10. The van der Waals surface area contributed by atoms with E-state index >= 15 is 0 Å².